The third-order valence-electron chi connectivity index (χ3n) is 5.94. The smallest absolute Gasteiger partial charge is 0.277 e. The van der Waals surface area contributed by atoms with Crippen LogP contribution in [-0.2, 0) is 11.3 Å². The van der Waals surface area contributed by atoms with Gasteiger partial charge in [-0.2, -0.15) is 0 Å². The second-order valence-electron chi connectivity index (χ2n) is 7.87. The Hall–Kier alpha value is -3.42. The zero-order valence-corrected chi connectivity index (χ0v) is 17.7. The van der Waals surface area contributed by atoms with Crippen molar-refractivity contribution < 1.29 is 14.3 Å². The molecule has 1 amide bonds. The molecule has 1 aliphatic carbocycles. The number of anilines is 1. The minimum atomic E-state index is -0.114. The van der Waals surface area contributed by atoms with E-state index in [9.17, 15) is 9.59 Å². The Labute approximate surface area is 180 Å². The summed E-state index contributed by atoms with van der Waals surface area (Å²) in [6.07, 6.45) is 3.26. The third kappa shape index (κ3) is 4.52. The lowest BCUT2D eigenvalue weighted by Gasteiger charge is -2.28. The van der Waals surface area contributed by atoms with Crippen LogP contribution in [0, 0.1) is 11.8 Å². The highest BCUT2D eigenvalue weighted by atomic mass is 16.5. The van der Waals surface area contributed by atoms with Crippen molar-refractivity contribution in [2.24, 2.45) is 11.8 Å². The lowest BCUT2D eigenvalue weighted by atomic mass is 9.81. The lowest BCUT2D eigenvalue weighted by Crippen LogP contribution is -2.32. The van der Waals surface area contributed by atoms with Gasteiger partial charge in [0.1, 0.15) is 17.0 Å². The Bertz CT molecular complexity index is 1140. The van der Waals surface area contributed by atoms with Crippen molar-refractivity contribution >= 4 is 22.5 Å². The molecule has 0 spiro atoms. The maximum Gasteiger partial charge on any atom is 0.277 e. The Morgan fingerprint density at radius 2 is 1.87 bits per heavy atom. The fourth-order valence-corrected chi connectivity index (χ4v) is 4.13. The molecule has 0 aliphatic heterocycles. The van der Waals surface area contributed by atoms with Crippen LogP contribution in [-0.4, -0.2) is 35.1 Å². The Morgan fingerprint density at radius 1 is 1.10 bits per heavy atom. The number of nitrogens with zero attached hydrogens (tertiary/aromatic N) is 3. The SMILES string of the molecule is COc1ccc(NC(=O)C2CCC(Cn3nnc4ccccc4c3=O)CC2)c(OC)c1. The summed E-state index contributed by atoms with van der Waals surface area (Å²) in [4.78, 5) is 25.4. The van der Waals surface area contributed by atoms with Crippen LogP contribution in [0.25, 0.3) is 10.9 Å². The second-order valence-corrected chi connectivity index (χ2v) is 7.87. The number of benzene rings is 2. The first-order chi connectivity index (χ1) is 15.1. The summed E-state index contributed by atoms with van der Waals surface area (Å²) < 4.78 is 12.0. The Balaban J connectivity index is 1.36. The minimum Gasteiger partial charge on any atom is -0.497 e. The molecule has 2 aromatic carbocycles. The van der Waals surface area contributed by atoms with Crippen LogP contribution in [0.3, 0.4) is 0 Å². The number of carbonyl (C=O) groups is 1. The molecule has 1 saturated carbocycles. The molecule has 31 heavy (non-hydrogen) atoms. The molecule has 1 aromatic heterocycles. The minimum absolute atomic E-state index is 0.00965. The predicted molar refractivity (Wildman–Crippen MR) is 117 cm³/mol. The summed E-state index contributed by atoms with van der Waals surface area (Å²) in [5, 5.41) is 11.8. The molecule has 0 atom stereocenters. The number of ether oxygens (including phenoxy) is 2. The third-order valence-corrected chi connectivity index (χ3v) is 5.94. The maximum atomic E-state index is 12.8. The highest BCUT2D eigenvalue weighted by Crippen LogP contribution is 2.33. The molecule has 0 saturated heterocycles. The van der Waals surface area contributed by atoms with Gasteiger partial charge in [0.2, 0.25) is 5.91 Å². The van der Waals surface area contributed by atoms with Gasteiger partial charge in [0, 0.05) is 18.5 Å². The molecule has 0 radical (unpaired) electrons. The number of methoxy groups -OCH3 is 2. The quantitative estimate of drug-likeness (QED) is 0.655. The normalized spacial score (nSPS) is 18.5. The fraction of sp³-hybridized carbons (Fsp3) is 0.391. The Kier molecular flexibility index (Phi) is 6.16. The summed E-state index contributed by atoms with van der Waals surface area (Å²) >= 11 is 0. The molecule has 1 heterocycles. The van der Waals surface area contributed by atoms with Crippen molar-refractivity contribution in [3.63, 3.8) is 0 Å². The highest BCUT2D eigenvalue weighted by molar-refractivity contribution is 5.94. The van der Waals surface area contributed by atoms with Gasteiger partial charge < -0.3 is 14.8 Å². The summed E-state index contributed by atoms with van der Waals surface area (Å²) in [6.45, 7) is 0.525. The fourth-order valence-electron chi connectivity index (χ4n) is 4.13. The van der Waals surface area contributed by atoms with Crippen LogP contribution in [0.5, 0.6) is 11.5 Å². The van der Waals surface area contributed by atoms with Gasteiger partial charge in [0.25, 0.3) is 5.56 Å². The molecule has 0 bridgehead atoms. The zero-order valence-electron chi connectivity index (χ0n) is 17.7. The molecule has 0 unspecified atom stereocenters. The first kappa shape index (κ1) is 20.8. The van der Waals surface area contributed by atoms with Gasteiger partial charge in [-0.25, -0.2) is 4.68 Å². The number of hydrogen-bond acceptors (Lipinski definition) is 6. The van der Waals surface area contributed by atoms with E-state index in [1.54, 1.807) is 44.6 Å². The van der Waals surface area contributed by atoms with Crippen LogP contribution >= 0.6 is 0 Å². The van der Waals surface area contributed by atoms with E-state index in [1.807, 2.05) is 12.1 Å². The topological polar surface area (TPSA) is 95.3 Å². The second kappa shape index (κ2) is 9.16. The number of nitrogens with one attached hydrogen (secondary N) is 1. The van der Waals surface area contributed by atoms with Gasteiger partial charge in [-0.1, -0.05) is 17.3 Å². The Morgan fingerprint density at radius 3 is 2.61 bits per heavy atom. The standard InChI is InChI=1S/C23H26N4O4/c1-30-17-11-12-20(21(13-17)31-2)24-22(28)16-9-7-15(8-10-16)14-27-23(29)18-5-3-4-6-19(18)25-26-27/h3-6,11-13,15-16H,7-10,14H2,1-2H3,(H,24,28). The molecule has 1 fully saturated rings. The average molecular weight is 422 g/mol. The number of rotatable bonds is 6. The number of fused-ring (bicyclic) bond motifs is 1. The van der Waals surface area contributed by atoms with E-state index in [0.717, 1.165) is 25.7 Å². The average Bonchev–Trinajstić information content (AvgIpc) is 2.81. The molecule has 162 valence electrons. The predicted octanol–water partition coefficient (Wildman–Crippen LogP) is 3.25. The van der Waals surface area contributed by atoms with Crippen LogP contribution in [0.2, 0.25) is 0 Å². The van der Waals surface area contributed by atoms with Crippen molar-refractivity contribution in [2.75, 3.05) is 19.5 Å². The van der Waals surface area contributed by atoms with Crippen LogP contribution in [0.15, 0.2) is 47.3 Å². The maximum absolute atomic E-state index is 12.8. The monoisotopic (exact) mass is 422 g/mol. The molecule has 4 rings (SSSR count). The molecule has 1 N–H and O–H groups in total. The molecule has 1 aliphatic rings. The largest absolute Gasteiger partial charge is 0.497 e. The van der Waals surface area contributed by atoms with E-state index in [-0.39, 0.29) is 17.4 Å². The van der Waals surface area contributed by atoms with E-state index in [0.29, 0.717) is 40.6 Å². The van der Waals surface area contributed by atoms with E-state index in [1.165, 1.54) is 4.68 Å². The van der Waals surface area contributed by atoms with Crippen LogP contribution in [0.1, 0.15) is 25.7 Å². The first-order valence-electron chi connectivity index (χ1n) is 10.4. The van der Waals surface area contributed by atoms with Gasteiger partial charge in [-0.05, 0) is 55.9 Å². The van der Waals surface area contributed by atoms with Crippen molar-refractivity contribution in [1.29, 1.82) is 0 Å². The number of amides is 1. The zero-order chi connectivity index (χ0) is 21.8. The van der Waals surface area contributed by atoms with Crippen LogP contribution in [0.4, 0.5) is 5.69 Å². The summed E-state index contributed by atoms with van der Waals surface area (Å²) in [7, 11) is 3.15. The highest BCUT2D eigenvalue weighted by Gasteiger charge is 2.27. The van der Waals surface area contributed by atoms with E-state index < -0.39 is 0 Å². The van der Waals surface area contributed by atoms with Gasteiger partial charge in [-0.15, -0.1) is 5.10 Å². The summed E-state index contributed by atoms with van der Waals surface area (Å²) in [5.41, 5.74) is 1.13. The van der Waals surface area contributed by atoms with Gasteiger partial charge >= 0.3 is 0 Å². The van der Waals surface area contributed by atoms with Crippen LogP contribution < -0.4 is 20.3 Å². The molecule has 8 heteroatoms. The van der Waals surface area contributed by atoms with Gasteiger partial charge in [0.05, 0.1) is 25.3 Å². The van der Waals surface area contributed by atoms with Crippen molar-refractivity contribution in [3.8, 4) is 11.5 Å². The number of hydrogen-bond donors (Lipinski definition) is 1. The lowest BCUT2D eigenvalue weighted by molar-refractivity contribution is -0.121. The molecule has 8 nitrogen and oxygen atoms in total. The number of aromatic nitrogens is 3. The van der Waals surface area contributed by atoms with E-state index in [2.05, 4.69) is 15.6 Å². The van der Waals surface area contributed by atoms with E-state index in [4.69, 9.17) is 9.47 Å². The number of carbonyl (C=O) groups excluding carboxylic acids is 1. The molecular weight excluding hydrogens is 396 g/mol. The van der Waals surface area contributed by atoms with Crippen molar-refractivity contribution in [3.05, 3.63) is 52.8 Å². The first-order valence-corrected chi connectivity index (χ1v) is 10.4. The molecule has 3 aromatic rings. The summed E-state index contributed by atoms with van der Waals surface area (Å²) in [6, 6.07) is 12.6. The van der Waals surface area contributed by atoms with Gasteiger partial charge in [0.15, 0.2) is 0 Å². The molecular formula is C23H26N4O4. The summed E-state index contributed by atoms with van der Waals surface area (Å²) in [5.74, 6) is 1.46. The van der Waals surface area contributed by atoms with E-state index >= 15 is 0 Å². The van der Waals surface area contributed by atoms with Crippen molar-refractivity contribution in [2.45, 2.75) is 32.2 Å². The van der Waals surface area contributed by atoms with Gasteiger partial charge in [-0.3, -0.25) is 9.59 Å². The van der Waals surface area contributed by atoms with Crippen molar-refractivity contribution in [1.82, 2.24) is 15.0 Å².